The summed E-state index contributed by atoms with van der Waals surface area (Å²) in [7, 11) is -5.11. The summed E-state index contributed by atoms with van der Waals surface area (Å²) in [6.45, 7) is 5.57. The zero-order valence-corrected chi connectivity index (χ0v) is 23.3. The van der Waals surface area contributed by atoms with Crippen LogP contribution in [0.15, 0.2) is 47.7 Å². The van der Waals surface area contributed by atoms with E-state index in [9.17, 15) is 23.9 Å². The molecule has 0 spiro atoms. The Morgan fingerprint density at radius 2 is 2.03 bits per heavy atom. The van der Waals surface area contributed by atoms with Gasteiger partial charge in [0, 0.05) is 12.1 Å². The van der Waals surface area contributed by atoms with E-state index in [0.29, 0.717) is 30.1 Å². The van der Waals surface area contributed by atoms with Gasteiger partial charge in [-0.3, -0.25) is 13.9 Å². The molecule has 2 aromatic rings. The maximum absolute atomic E-state index is 12.8. The number of nitrogens with two attached hydrogens (primary N) is 1. The topological polar surface area (TPSA) is 176 Å². The third kappa shape index (κ3) is 7.09. The van der Waals surface area contributed by atoms with Crippen LogP contribution in [-0.2, 0) is 34.8 Å². The number of rotatable bonds is 12. The molecule has 1 fully saturated rings. The van der Waals surface area contributed by atoms with Crippen LogP contribution < -0.4 is 5.73 Å². The number of aliphatic imine (C=N–C) groups is 1. The maximum Gasteiger partial charge on any atom is 0.368 e. The SMILES string of the molecule is CC/C=C(/N)c1ncn([C@H]2CC(=O)[C@@H](COC(C)(C(=O)OCC)P(=O)(O)O)O2)c1/N=C(\C)Cc1ccccc1. The Labute approximate surface area is 227 Å². The molecule has 0 bridgehead atoms. The predicted octanol–water partition coefficient (Wildman–Crippen LogP) is 3.26. The number of benzene rings is 1. The third-order valence-electron chi connectivity index (χ3n) is 6.16. The molecule has 1 saturated heterocycles. The van der Waals surface area contributed by atoms with E-state index in [1.54, 1.807) is 4.57 Å². The lowest BCUT2D eigenvalue weighted by molar-refractivity contribution is -0.166. The average molecular weight is 563 g/mol. The van der Waals surface area contributed by atoms with Gasteiger partial charge in [-0.05, 0) is 32.8 Å². The first kappa shape index (κ1) is 30.4. The van der Waals surface area contributed by atoms with Crippen LogP contribution in [0.1, 0.15) is 58.0 Å². The number of allylic oxidation sites excluding steroid dienone is 1. The molecule has 0 radical (unpaired) electrons. The average Bonchev–Trinajstić information content (AvgIpc) is 3.45. The highest BCUT2D eigenvalue weighted by Gasteiger charge is 2.53. The Kier molecular flexibility index (Phi) is 9.98. The van der Waals surface area contributed by atoms with Crippen molar-refractivity contribution in [1.29, 1.82) is 0 Å². The molecule has 1 aliphatic rings. The Balaban J connectivity index is 1.87. The van der Waals surface area contributed by atoms with Crippen molar-refractivity contribution in [2.75, 3.05) is 13.2 Å². The molecule has 39 heavy (non-hydrogen) atoms. The molecule has 212 valence electrons. The Bertz CT molecular complexity index is 1290. The van der Waals surface area contributed by atoms with Crippen molar-refractivity contribution in [2.24, 2.45) is 10.7 Å². The van der Waals surface area contributed by atoms with Gasteiger partial charge in [-0.15, -0.1) is 0 Å². The molecule has 0 aliphatic carbocycles. The highest BCUT2D eigenvalue weighted by atomic mass is 31.2. The first-order valence-corrected chi connectivity index (χ1v) is 14.2. The van der Waals surface area contributed by atoms with Gasteiger partial charge in [0.2, 0.25) is 0 Å². The van der Waals surface area contributed by atoms with Crippen LogP contribution in [0.2, 0.25) is 0 Å². The van der Waals surface area contributed by atoms with Gasteiger partial charge in [-0.2, -0.15) is 0 Å². The van der Waals surface area contributed by atoms with E-state index in [1.165, 1.54) is 13.3 Å². The van der Waals surface area contributed by atoms with Gasteiger partial charge in [0.05, 0.1) is 31.7 Å². The van der Waals surface area contributed by atoms with Crippen LogP contribution in [0.5, 0.6) is 0 Å². The largest absolute Gasteiger partial charge is 0.463 e. The molecule has 12 nitrogen and oxygen atoms in total. The van der Waals surface area contributed by atoms with E-state index >= 15 is 0 Å². The lowest BCUT2D eigenvalue weighted by Crippen LogP contribution is -2.42. The van der Waals surface area contributed by atoms with E-state index in [0.717, 1.165) is 18.2 Å². The molecule has 1 aliphatic heterocycles. The van der Waals surface area contributed by atoms with Crippen molar-refractivity contribution in [3.05, 3.63) is 54.0 Å². The van der Waals surface area contributed by atoms with Gasteiger partial charge in [-0.1, -0.05) is 43.3 Å². The molecule has 0 saturated carbocycles. The van der Waals surface area contributed by atoms with Crippen molar-refractivity contribution in [2.45, 2.75) is 64.6 Å². The van der Waals surface area contributed by atoms with Crippen LogP contribution in [-0.4, -0.2) is 61.5 Å². The number of hydrogen-bond donors (Lipinski definition) is 3. The number of imidazole rings is 1. The Hall–Kier alpha value is -3.15. The number of esters is 1. The van der Waals surface area contributed by atoms with Gasteiger partial charge >= 0.3 is 13.6 Å². The zero-order chi connectivity index (χ0) is 28.8. The standard InChI is InChI=1S/C26H35N4O8P/c1-5-10-19(27)23-24(29-17(3)13-18-11-8-7-9-12-18)30(16-28-23)22-14-20(31)21(38-22)15-37-26(4,39(33,34)35)25(32)36-6-2/h7-12,16,21-22H,5-6,13-15,27H2,1-4H3,(H2,33,34,35)/b19-10+,29-17+/t21-,22-,26?/m1/s1. The number of Topliss-reactive ketones (excluding diaryl/α,β-unsaturated/α-hetero) is 1. The molecule has 4 N–H and O–H groups in total. The second-order valence-corrected chi connectivity index (χ2v) is 11.2. The van der Waals surface area contributed by atoms with Crippen LogP contribution >= 0.6 is 7.60 Å². The summed E-state index contributed by atoms with van der Waals surface area (Å²) in [5.74, 6) is -1.19. The number of carbonyl (C=O) groups excluding carboxylic acids is 2. The number of nitrogens with zero attached hydrogens (tertiary/aromatic N) is 3. The number of carbonyl (C=O) groups is 2. The van der Waals surface area contributed by atoms with E-state index < -0.39 is 37.8 Å². The van der Waals surface area contributed by atoms with Crippen LogP contribution in [0.4, 0.5) is 5.82 Å². The van der Waals surface area contributed by atoms with E-state index in [4.69, 9.17) is 24.9 Å². The van der Waals surface area contributed by atoms with Gasteiger partial charge in [0.15, 0.2) is 11.6 Å². The summed E-state index contributed by atoms with van der Waals surface area (Å²) < 4.78 is 29.7. The van der Waals surface area contributed by atoms with Crippen LogP contribution in [0.3, 0.4) is 0 Å². The Morgan fingerprint density at radius 1 is 1.33 bits per heavy atom. The zero-order valence-electron chi connectivity index (χ0n) is 22.4. The molecular weight excluding hydrogens is 527 g/mol. The predicted molar refractivity (Wildman–Crippen MR) is 144 cm³/mol. The minimum Gasteiger partial charge on any atom is -0.463 e. The molecule has 1 aromatic heterocycles. The maximum atomic E-state index is 12.8. The van der Waals surface area contributed by atoms with Crippen molar-refractivity contribution in [3.8, 4) is 0 Å². The van der Waals surface area contributed by atoms with Crippen molar-refractivity contribution >= 4 is 36.6 Å². The quantitative estimate of drug-likeness (QED) is 0.198. The van der Waals surface area contributed by atoms with Gasteiger partial charge < -0.3 is 29.7 Å². The molecule has 3 atom stereocenters. The smallest absolute Gasteiger partial charge is 0.368 e. The first-order valence-electron chi connectivity index (χ1n) is 12.6. The molecule has 3 rings (SSSR count). The molecule has 1 unspecified atom stereocenters. The van der Waals surface area contributed by atoms with Gasteiger partial charge in [0.25, 0.3) is 5.34 Å². The summed E-state index contributed by atoms with van der Waals surface area (Å²) in [6, 6.07) is 9.81. The fraction of sp³-hybridized carbons (Fsp3) is 0.462. The fourth-order valence-electron chi connectivity index (χ4n) is 3.99. The van der Waals surface area contributed by atoms with Gasteiger partial charge in [0.1, 0.15) is 18.0 Å². The minimum atomic E-state index is -5.11. The summed E-state index contributed by atoms with van der Waals surface area (Å²) >= 11 is 0. The van der Waals surface area contributed by atoms with Crippen molar-refractivity contribution < 1.29 is 38.2 Å². The molecule has 0 amide bonds. The van der Waals surface area contributed by atoms with Crippen molar-refractivity contribution in [1.82, 2.24) is 9.55 Å². The molecular formula is C26H35N4O8P. The first-order chi connectivity index (χ1) is 18.4. The Morgan fingerprint density at radius 3 is 2.64 bits per heavy atom. The minimum absolute atomic E-state index is 0.0759. The number of hydrogen-bond acceptors (Lipinski definition) is 9. The molecule has 13 heteroatoms. The normalized spacial score (nSPS) is 20.2. The fourth-order valence-corrected chi connectivity index (χ4v) is 4.53. The van der Waals surface area contributed by atoms with Crippen molar-refractivity contribution in [3.63, 3.8) is 0 Å². The number of ether oxygens (including phenoxy) is 3. The lowest BCUT2D eigenvalue weighted by Gasteiger charge is -2.28. The van der Waals surface area contributed by atoms with E-state index in [1.807, 2.05) is 50.3 Å². The second kappa shape index (κ2) is 12.8. The highest BCUT2D eigenvalue weighted by Crippen LogP contribution is 2.52. The summed E-state index contributed by atoms with van der Waals surface area (Å²) in [5, 5.41) is -2.59. The van der Waals surface area contributed by atoms with Crippen LogP contribution in [0.25, 0.3) is 5.70 Å². The monoisotopic (exact) mass is 562 g/mol. The summed E-state index contributed by atoms with van der Waals surface area (Å²) in [4.78, 5) is 53.8. The van der Waals surface area contributed by atoms with E-state index in [2.05, 4.69) is 4.98 Å². The third-order valence-corrected chi connectivity index (χ3v) is 7.58. The number of ketones is 1. The molecule has 2 heterocycles. The second-order valence-electron chi connectivity index (χ2n) is 9.21. The highest BCUT2D eigenvalue weighted by molar-refractivity contribution is 7.54. The van der Waals surface area contributed by atoms with Gasteiger partial charge in [-0.25, -0.2) is 14.8 Å². The van der Waals surface area contributed by atoms with Crippen LogP contribution in [0, 0.1) is 0 Å². The lowest BCUT2D eigenvalue weighted by atomic mass is 10.1. The number of aromatic nitrogens is 2. The summed E-state index contributed by atoms with van der Waals surface area (Å²) in [6.07, 6.45) is 2.47. The molecule has 1 aromatic carbocycles. The van der Waals surface area contributed by atoms with E-state index in [-0.39, 0.29) is 18.8 Å². The summed E-state index contributed by atoms with van der Waals surface area (Å²) in [5.41, 5.74) is 8.99.